The van der Waals surface area contributed by atoms with Gasteiger partial charge in [0.05, 0.1) is 19.3 Å². The van der Waals surface area contributed by atoms with Crippen LogP contribution in [0.1, 0.15) is 12.8 Å². The monoisotopic (exact) mass is 253 g/mol. The van der Waals surface area contributed by atoms with Crippen LogP contribution < -0.4 is 5.43 Å². The zero-order valence-electron chi connectivity index (χ0n) is 11.4. The Morgan fingerprint density at radius 3 is 2.28 bits per heavy atom. The van der Waals surface area contributed by atoms with Crippen molar-refractivity contribution in [1.29, 1.82) is 5.26 Å². The smallest absolute Gasteiger partial charge is 0.121 e. The van der Waals surface area contributed by atoms with Gasteiger partial charge >= 0.3 is 0 Å². The fourth-order valence-electron chi connectivity index (χ4n) is 2.50. The maximum absolute atomic E-state index is 9.49. The van der Waals surface area contributed by atoms with Gasteiger partial charge in [-0.15, -0.1) is 0 Å². The second-order valence-electron chi connectivity index (χ2n) is 5.21. The van der Waals surface area contributed by atoms with Gasteiger partial charge in [0.1, 0.15) is 5.54 Å². The van der Waals surface area contributed by atoms with Crippen LogP contribution in [0.3, 0.4) is 0 Å². The summed E-state index contributed by atoms with van der Waals surface area (Å²) in [7, 11) is 4.10. The van der Waals surface area contributed by atoms with E-state index in [2.05, 4.69) is 40.6 Å². The van der Waals surface area contributed by atoms with Crippen LogP contribution in [-0.2, 0) is 4.74 Å². The molecule has 0 amide bonds. The SMILES string of the molecule is CN(C)N1CCC(C#N)(NN2CCOCC2)CC1. The molecule has 2 fully saturated rings. The van der Waals surface area contributed by atoms with Crippen molar-refractivity contribution in [2.24, 2.45) is 0 Å². The molecule has 2 aliphatic rings. The first-order valence-corrected chi connectivity index (χ1v) is 6.59. The Labute approximate surface area is 109 Å². The first-order valence-electron chi connectivity index (χ1n) is 6.59. The number of ether oxygens (including phenoxy) is 1. The van der Waals surface area contributed by atoms with Gasteiger partial charge < -0.3 is 4.74 Å². The van der Waals surface area contributed by atoms with Crippen molar-refractivity contribution in [1.82, 2.24) is 20.5 Å². The van der Waals surface area contributed by atoms with Gasteiger partial charge in [-0.25, -0.2) is 20.5 Å². The third kappa shape index (κ3) is 3.19. The van der Waals surface area contributed by atoms with Crippen molar-refractivity contribution >= 4 is 0 Å². The molecule has 2 heterocycles. The molecule has 18 heavy (non-hydrogen) atoms. The number of rotatable bonds is 3. The minimum atomic E-state index is -0.399. The lowest BCUT2D eigenvalue weighted by Crippen LogP contribution is -2.61. The van der Waals surface area contributed by atoms with Crippen molar-refractivity contribution < 1.29 is 4.74 Å². The average molecular weight is 253 g/mol. The fraction of sp³-hybridized carbons (Fsp3) is 0.917. The molecule has 0 spiro atoms. The Morgan fingerprint density at radius 1 is 1.17 bits per heavy atom. The second-order valence-corrected chi connectivity index (χ2v) is 5.21. The minimum Gasteiger partial charge on any atom is -0.379 e. The molecule has 0 bridgehead atoms. The lowest BCUT2D eigenvalue weighted by Gasteiger charge is -2.43. The molecule has 1 N–H and O–H groups in total. The standard InChI is InChI=1S/C12H23N5O/c1-15(2)17-5-3-12(11-13,4-6-17)14-16-7-9-18-10-8-16/h14H,3-10H2,1-2H3. The van der Waals surface area contributed by atoms with E-state index in [-0.39, 0.29) is 0 Å². The molecule has 0 aliphatic carbocycles. The van der Waals surface area contributed by atoms with Gasteiger partial charge in [0, 0.05) is 40.3 Å². The molecule has 0 unspecified atom stereocenters. The topological polar surface area (TPSA) is 54.8 Å². The van der Waals surface area contributed by atoms with E-state index in [1.54, 1.807) is 0 Å². The number of nitrogens with one attached hydrogen (secondary N) is 1. The molecule has 2 aliphatic heterocycles. The van der Waals surface area contributed by atoms with E-state index in [0.717, 1.165) is 52.2 Å². The fourth-order valence-corrected chi connectivity index (χ4v) is 2.50. The van der Waals surface area contributed by atoms with E-state index in [9.17, 15) is 5.26 Å². The summed E-state index contributed by atoms with van der Waals surface area (Å²) in [6, 6.07) is 2.49. The van der Waals surface area contributed by atoms with Gasteiger partial charge in [0.2, 0.25) is 0 Å². The van der Waals surface area contributed by atoms with Gasteiger partial charge in [-0.05, 0) is 12.8 Å². The maximum atomic E-state index is 9.49. The summed E-state index contributed by atoms with van der Waals surface area (Å²) >= 11 is 0. The molecule has 0 aromatic heterocycles. The summed E-state index contributed by atoms with van der Waals surface area (Å²) in [6.45, 7) is 5.08. The number of piperidine rings is 1. The molecule has 0 saturated carbocycles. The second kappa shape index (κ2) is 5.95. The number of hydrogen-bond acceptors (Lipinski definition) is 6. The van der Waals surface area contributed by atoms with Gasteiger partial charge in [-0.2, -0.15) is 5.26 Å². The third-order valence-electron chi connectivity index (χ3n) is 3.76. The van der Waals surface area contributed by atoms with E-state index in [1.165, 1.54) is 0 Å². The predicted molar refractivity (Wildman–Crippen MR) is 68.4 cm³/mol. The highest BCUT2D eigenvalue weighted by molar-refractivity contribution is 5.09. The van der Waals surface area contributed by atoms with E-state index in [4.69, 9.17) is 4.74 Å². The average Bonchev–Trinajstić information content (AvgIpc) is 2.40. The summed E-state index contributed by atoms with van der Waals surface area (Å²) in [4.78, 5) is 0. The van der Waals surface area contributed by atoms with E-state index in [0.29, 0.717) is 0 Å². The van der Waals surface area contributed by atoms with Gasteiger partial charge in [-0.3, -0.25) is 0 Å². The molecule has 0 atom stereocenters. The van der Waals surface area contributed by atoms with Crippen molar-refractivity contribution in [2.75, 3.05) is 53.5 Å². The predicted octanol–water partition coefficient (Wildman–Crippen LogP) is -0.342. The van der Waals surface area contributed by atoms with Crippen LogP contribution >= 0.6 is 0 Å². The zero-order chi connectivity index (χ0) is 13.0. The molecular weight excluding hydrogens is 230 g/mol. The third-order valence-corrected chi connectivity index (χ3v) is 3.76. The Hall–Kier alpha value is -0.710. The summed E-state index contributed by atoms with van der Waals surface area (Å²) in [5, 5.41) is 16.0. The molecule has 6 heteroatoms. The first kappa shape index (κ1) is 13.7. The molecule has 2 rings (SSSR count). The minimum absolute atomic E-state index is 0.399. The summed E-state index contributed by atoms with van der Waals surface area (Å²) < 4.78 is 5.32. The highest BCUT2D eigenvalue weighted by Gasteiger charge is 2.36. The maximum Gasteiger partial charge on any atom is 0.121 e. The van der Waals surface area contributed by atoms with Crippen molar-refractivity contribution in [3.8, 4) is 6.07 Å². The van der Waals surface area contributed by atoms with E-state index in [1.807, 2.05) is 0 Å². The molecule has 0 aromatic rings. The Bertz CT molecular complexity index is 300. The molecule has 102 valence electrons. The highest BCUT2D eigenvalue weighted by Crippen LogP contribution is 2.22. The van der Waals surface area contributed by atoms with Crippen LogP contribution in [0.4, 0.5) is 0 Å². The van der Waals surface area contributed by atoms with Crippen molar-refractivity contribution in [3.63, 3.8) is 0 Å². The Balaban J connectivity index is 1.90. The van der Waals surface area contributed by atoms with Gasteiger partial charge in [0.25, 0.3) is 0 Å². The molecule has 0 aromatic carbocycles. The summed E-state index contributed by atoms with van der Waals surface area (Å²) in [6.07, 6.45) is 1.72. The summed E-state index contributed by atoms with van der Waals surface area (Å²) in [5.74, 6) is 0. The lowest BCUT2D eigenvalue weighted by atomic mass is 9.90. The van der Waals surface area contributed by atoms with Gasteiger partial charge in [-0.1, -0.05) is 0 Å². The van der Waals surface area contributed by atoms with Crippen LogP contribution in [0.2, 0.25) is 0 Å². The number of nitrogens with zero attached hydrogens (tertiary/aromatic N) is 4. The van der Waals surface area contributed by atoms with Crippen LogP contribution in [0.15, 0.2) is 0 Å². The van der Waals surface area contributed by atoms with Crippen molar-refractivity contribution in [3.05, 3.63) is 0 Å². The zero-order valence-corrected chi connectivity index (χ0v) is 11.4. The van der Waals surface area contributed by atoms with E-state index < -0.39 is 5.54 Å². The highest BCUT2D eigenvalue weighted by atomic mass is 16.5. The number of morpholine rings is 1. The number of hydrogen-bond donors (Lipinski definition) is 1. The van der Waals surface area contributed by atoms with Crippen molar-refractivity contribution in [2.45, 2.75) is 18.4 Å². The molecule has 6 nitrogen and oxygen atoms in total. The molecule has 2 saturated heterocycles. The normalized spacial score (nSPS) is 26.1. The quantitative estimate of drug-likeness (QED) is 0.742. The van der Waals surface area contributed by atoms with Crippen LogP contribution in [-0.4, -0.2) is 74.1 Å². The first-order chi connectivity index (χ1) is 8.65. The molecule has 0 radical (unpaired) electrons. The van der Waals surface area contributed by atoms with Crippen LogP contribution in [0.25, 0.3) is 0 Å². The Morgan fingerprint density at radius 2 is 1.78 bits per heavy atom. The van der Waals surface area contributed by atoms with Crippen LogP contribution in [0.5, 0.6) is 0 Å². The number of hydrazine groups is 2. The largest absolute Gasteiger partial charge is 0.379 e. The number of nitriles is 1. The molecular formula is C12H23N5O. The summed E-state index contributed by atoms with van der Waals surface area (Å²) in [5.41, 5.74) is 3.03. The van der Waals surface area contributed by atoms with Crippen LogP contribution in [0, 0.1) is 11.3 Å². The van der Waals surface area contributed by atoms with Gasteiger partial charge in [0.15, 0.2) is 0 Å². The Kier molecular flexibility index (Phi) is 4.54. The van der Waals surface area contributed by atoms with E-state index >= 15 is 0 Å². The lowest BCUT2D eigenvalue weighted by molar-refractivity contribution is -0.0435.